The van der Waals surface area contributed by atoms with Gasteiger partial charge >= 0.3 is 21.1 Å². The SMILES string of the molecule is CC(N)=O.CC(N)=O.[Pt+2]. The van der Waals surface area contributed by atoms with Crippen molar-refractivity contribution in [1.82, 2.24) is 0 Å². The van der Waals surface area contributed by atoms with Crippen LogP contribution in [-0.2, 0) is 30.7 Å². The van der Waals surface area contributed by atoms with Crippen molar-refractivity contribution in [2.75, 3.05) is 0 Å². The van der Waals surface area contributed by atoms with E-state index in [9.17, 15) is 9.59 Å². The van der Waals surface area contributed by atoms with Crippen LogP contribution in [0.4, 0.5) is 0 Å². The van der Waals surface area contributed by atoms with E-state index in [1.54, 1.807) is 0 Å². The van der Waals surface area contributed by atoms with Crippen LogP contribution >= 0.6 is 0 Å². The quantitative estimate of drug-likeness (QED) is 0.600. The van der Waals surface area contributed by atoms with Crippen LogP contribution in [0.15, 0.2) is 0 Å². The summed E-state index contributed by atoms with van der Waals surface area (Å²) in [7, 11) is 0. The third-order valence-electron chi connectivity index (χ3n) is 0. The molecule has 0 aromatic heterocycles. The number of nitrogens with two attached hydrogens (primary N) is 2. The normalized spacial score (nSPS) is 5.56. The molecule has 0 atom stereocenters. The molecule has 4 N–H and O–H groups in total. The van der Waals surface area contributed by atoms with Crippen molar-refractivity contribution >= 4 is 11.8 Å². The van der Waals surface area contributed by atoms with Gasteiger partial charge in [-0.05, 0) is 0 Å². The first-order valence-electron chi connectivity index (χ1n) is 1.99. The Hall–Kier alpha value is -0.372. The molecule has 0 bridgehead atoms. The zero-order valence-corrected chi connectivity index (χ0v) is 7.56. The van der Waals surface area contributed by atoms with E-state index in [2.05, 4.69) is 11.5 Å². The summed E-state index contributed by atoms with van der Waals surface area (Å²) in [4.78, 5) is 18.4. The van der Waals surface area contributed by atoms with Gasteiger partial charge in [-0.25, -0.2) is 0 Å². The Morgan fingerprint density at radius 3 is 1.00 bits per heavy atom. The predicted octanol–water partition coefficient (Wildman–Crippen LogP) is -1.02. The maximum atomic E-state index is 9.22. The maximum absolute atomic E-state index is 9.22. The number of rotatable bonds is 0. The van der Waals surface area contributed by atoms with E-state index in [0.29, 0.717) is 0 Å². The van der Waals surface area contributed by atoms with Crippen LogP contribution in [0.3, 0.4) is 0 Å². The minimum Gasteiger partial charge on any atom is -0.370 e. The topological polar surface area (TPSA) is 86.2 Å². The van der Waals surface area contributed by atoms with E-state index in [1.165, 1.54) is 13.8 Å². The Morgan fingerprint density at radius 1 is 1.00 bits per heavy atom. The van der Waals surface area contributed by atoms with Gasteiger partial charge in [-0.2, -0.15) is 0 Å². The first-order chi connectivity index (χ1) is 3.46. The van der Waals surface area contributed by atoms with Crippen LogP contribution in [0.25, 0.3) is 0 Å². The van der Waals surface area contributed by atoms with Gasteiger partial charge in [0.2, 0.25) is 11.8 Å². The molecule has 0 radical (unpaired) electrons. The van der Waals surface area contributed by atoms with Crippen molar-refractivity contribution in [3.8, 4) is 0 Å². The van der Waals surface area contributed by atoms with Crippen molar-refractivity contribution < 1.29 is 30.7 Å². The molecule has 0 spiro atoms. The van der Waals surface area contributed by atoms with Crippen LogP contribution < -0.4 is 11.5 Å². The van der Waals surface area contributed by atoms with Gasteiger partial charge in [0.1, 0.15) is 0 Å². The van der Waals surface area contributed by atoms with Gasteiger partial charge in [0.25, 0.3) is 0 Å². The summed E-state index contributed by atoms with van der Waals surface area (Å²) < 4.78 is 0. The van der Waals surface area contributed by atoms with Gasteiger partial charge in [0, 0.05) is 13.8 Å². The van der Waals surface area contributed by atoms with E-state index in [4.69, 9.17) is 0 Å². The molecular weight excluding hydrogens is 303 g/mol. The van der Waals surface area contributed by atoms with E-state index in [-0.39, 0.29) is 32.9 Å². The molecule has 0 heterocycles. The first-order valence-corrected chi connectivity index (χ1v) is 1.99. The van der Waals surface area contributed by atoms with Crippen LogP contribution in [-0.4, -0.2) is 11.8 Å². The zero-order chi connectivity index (χ0) is 7.15. The largest absolute Gasteiger partial charge is 2.00 e. The second kappa shape index (κ2) is 10.6. The molecule has 0 aliphatic heterocycles. The van der Waals surface area contributed by atoms with Crippen LogP contribution in [0.1, 0.15) is 13.8 Å². The molecule has 0 aromatic rings. The third-order valence-corrected chi connectivity index (χ3v) is 0. The smallest absolute Gasteiger partial charge is 0.370 e. The predicted molar refractivity (Wildman–Crippen MR) is 29.7 cm³/mol. The van der Waals surface area contributed by atoms with Gasteiger partial charge < -0.3 is 11.5 Å². The number of hydrogen-bond acceptors (Lipinski definition) is 2. The maximum Gasteiger partial charge on any atom is 2.00 e. The van der Waals surface area contributed by atoms with Crippen LogP contribution in [0.5, 0.6) is 0 Å². The van der Waals surface area contributed by atoms with E-state index < -0.39 is 0 Å². The summed E-state index contributed by atoms with van der Waals surface area (Å²) in [5, 5.41) is 0. The summed E-state index contributed by atoms with van der Waals surface area (Å²) in [5.41, 5.74) is 8.94. The van der Waals surface area contributed by atoms with Crippen molar-refractivity contribution in [3.63, 3.8) is 0 Å². The van der Waals surface area contributed by atoms with Gasteiger partial charge in [0.15, 0.2) is 0 Å². The molecule has 0 fully saturated rings. The summed E-state index contributed by atoms with van der Waals surface area (Å²) in [5.74, 6) is -0.667. The van der Waals surface area contributed by atoms with Crippen LogP contribution in [0.2, 0.25) is 0 Å². The molecule has 2 amide bonds. The third kappa shape index (κ3) is 1750. The minimum atomic E-state index is -0.333. The Balaban J connectivity index is -0.0000000720. The van der Waals surface area contributed by atoms with Gasteiger partial charge in [-0.3, -0.25) is 9.59 Å². The Labute approximate surface area is 68.2 Å². The molecule has 56 valence electrons. The number of amides is 2. The molecular formula is C4H10N2O2Pt+2. The summed E-state index contributed by atoms with van der Waals surface area (Å²) in [6.07, 6.45) is 0. The van der Waals surface area contributed by atoms with Crippen molar-refractivity contribution in [2.24, 2.45) is 11.5 Å². The average Bonchev–Trinajstić information content (AvgIpc) is 1.25. The van der Waals surface area contributed by atoms with E-state index >= 15 is 0 Å². The van der Waals surface area contributed by atoms with Crippen molar-refractivity contribution in [3.05, 3.63) is 0 Å². The van der Waals surface area contributed by atoms with Gasteiger partial charge in [-0.1, -0.05) is 0 Å². The minimum absolute atomic E-state index is 0. The number of carbonyl (C=O) groups is 2. The van der Waals surface area contributed by atoms with Crippen LogP contribution in [0, 0.1) is 0 Å². The molecule has 5 heteroatoms. The molecule has 0 aromatic carbocycles. The Kier molecular flexibility index (Phi) is 18.6. The fraction of sp³-hybridized carbons (Fsp3) is 0.500. The fourth-order valence-electron chi connectivity index (χ4n) is 0. The van der Waals surface area contributed by atoms with Crippen molar-refractivity contribution in [2.45, 2.75) is 13.8 Å². The fourth-order valence-corrected chi connectivity index (χ4v) is 0. The summed E-state index contributed by atoms with van der Waals surface area (Å²) in [6, 6.07) is 0. The standard InChI is InChI=1S/2C2H5NO.Pt/c2*1-2(3)4;/h2*1H3,(H2,3,4);/q;;+2. The van der Waals surface area contributed by atoms with E-state index in [1.807, 2.05) is 0 Å². The Bertz CT molecular complexity index is 74.6. The van der Waals surface area contributed by atoms with Gasteiger partial charge in [-0.15, -0.1) is 0 Å². The molecule has 0 saturated carbocycles. The molecule has 9 heavy (non-hydrogen) atoms. The molecule has 0 rings (SSSR count). The first kappa shape index (κ1) is 15.8. The molecule has 0 aliphatic carbocycles. The number of carbonyl (C=O) groups excluding carboxylic acids is 2. The molecule has 0 unspecified atom stereocenters. The second-order valence-electron chi connectivity index (χ2n) is 1.22. The summed E-state index contributed by atoms with van der Waals surface area (Å²) in [6.45, 7) is 2.61. The molecule has 0 aliphatic rings. The zero-order valence-electron chi connectivity index (χ0n) is 5.29. The molecule has 0 saturated heterocycles. The average molecular weight is 313 g/mol. The number of hydrogen-bond donors (Lipinski definition) is 2. The Morgan fingerprint density at radius 2 is 1.00 bits per heavy atom. The monoisotopic (exact) mass is 313 g/mol. The van der Waals surface area contributed by atoms with E-state index in [0.717, 1.165) is 0 Å². The van der Waals surface area contributed by atoms with Crippen molar-refractivity contribution in [1.29, 1.82) is 0 Å². The second-order valence-corrected chi connectivity index (χ2v) is 1.22. The summed E-state index contributed by atoms with van der Waals surface area (Å²) >= 11 is 0. The van der Waals surface area contributed by atoms with Gasteiger partial charge in [0.05, 0.1) is 0 Å². The number of primary amides is 2. The molecule has 4 nitrogen and oxygen atoms in total.